The third-order valence-corrected chi connectivity index (χ3v) is 4.22. The Hall–Kier alpha value is -2.44. The first kappa shape index (κ1) is 19.3. The first-order valence-corrected chi connectivity index (χ1v) is 9.24. The number of hydrogen-bond donors (Lipinski definition) is 1. The topological polar surface area (TPSA) is 60.0 Å². The first-order valence-electron chi connectivity index (χ1n) is 8.86. The molecule has 144 valence electrons. The van der Waals surface area contributed by atoms with Crippen LogP contribution in [0.4, 0.5) is 5.69 Å². The SMILES string of the molecule is CN(CCOc1cccc(Cl)c1)CC(=O)Nc1ccc2c(c1)OCCCO2. The van der Waals surface area contributed by atoms with E-state index in [0.29, 0.717) is 54.3 Å². The summed E-state index contributed by atoms with van der Waals surface area (Å²) in [4.78, 5) is 14.1. The highest BCUT2D eigenvalue weighted by Crippen LogP contribution is 2.32. The maximum absolute atomic E-state index is 12.3. The van der Waals surface area contributed by atoms with E-state index in [1.807, 2.05) is 36.2 Å². The number of fused-ring (bicyclic) bond motifs is 1. The van der Waals surface area contributed by atoms with Gasteiger partial charge in [0.05, 0.1) is 19.8 Å². The monoisotopic (exact) mass is 390 g/mol. The normalized spacial score (nSPS) is 13.1. The van der Waals surface area contributed by atoms with E-state index in [4.69, 9.17) is 25.8 Å². The fourth-order valence-electron chi connectivity index (χ4n) is 2.64. The maximum atomic E-state index is 12.3. The Morgan fingerprint density at radius 1 is 1.19 bits per heavy atom. The van der Waals surface area contributed by atoms with Gasteiger partial charge in [-0.05, 0) is 37.4 Å². The molecule has 1 heterocycles. The molecule has 0 atom stereocenters. The molecule has 1 N–H and O–H groups in total. The van der Waals surface area contributed by atoms with Crippen LogP contribution >= 0.6 is 11.6 Å². The van der Waals surface area contributed by atoms with E-state index < -0.39 is 0 Å². The number of amides is 1. The van der Waals surface area contributed by atoms with Gasteiger partial charge in [-0.2, -0.15) is 0 Å². The van der Waals surface area contributed by atoms with Crippen molar-refractivity contribution < 1.29 is 19.0 Å². The molecular weight excluding hydrogens is 368 g/mol. The van der Waals surface area contributed by atoms with Crippen molar-refractivity contribution in [3.63, 3.8) is 0 Å². The van der Waals surface area contributed by atoms with E-state index in [-0.39, 0.29) is 12.5 Å². The lowest BCUT2D eigenvalue weighted by Gasteiger charge is -2.17. The predicted octanol–water partition coefficient (Wildman–Crippen LogP) is 3.45. The van der Waals surface area contributed by atoms with Crippen molar-refractivity contribution in [2.24, 2.45) is 0 Å². The number of likely N-dealkylation sites (N-methyl/N-ethyl adjacent to an activating group) is 1. The molecule has 0 saturated carbocycles. The van der Waals surface area contributed by atoms with Crippen molar-refractivity contribution >= 4 is 23.2 Å². The number of anilines is 1. The third kappa shape index (κ3) is 6.05. The van der Waals surface area contributed by atoms with Crippen LogP contribution < -0.4 is 19.5 Å². The number of ether oxygens (including phenoxy) is 3. The second-order valence-corrected chi connectivity index (χ2v) is 6.74. The van der Waals surface area contributed by atoms with Gasteiger partial charge in [0.2, 0.25) is 5.91 Å². The van der Waals surface area contributed by atoms with E-state index in [1.54, 1.807) is 18.2 Å². The van der Waals surface area contributed by atoms with Crippen molar-refractivity contribution in [3.05, 3.63) is 47.5 Å². The molecule has 1 amide bonds. The zero-order valence-corrected chi connectivity index (χ0v) is 16.0. The molecule has 6 nitrogen and oxygen atoms in total. The van der Waals surface area contributed by atoms with Crippen LogP contribution in [0.3, 0.4) is 0 Å². The number of nitrogens with one attached hydrogen (secondary N) is 1. The Kier molecular flexibility index (Phi) is 6.79. The number of carbonyl (C=O) groups excluding carboxylic acids is 1. The van der Waals surface area contributed by atoms with Crippen LogP contribution in [0.15, 0.2) is 42.5 Å². The minimum Gasteiger partial charge on any atom is -0.492 e. The van der Waals surface area contributed by atoms with E-state index >= 15 is 0 Å². The number of carbonyl (C=O) groups is 1. The Bertz CT molecular complexity index is 784. The lowest BCUT2D eigenvalue weighted by Crippen LogP contribution is -2.33. The summed E-state index contributed by atoms with van der Waals surface area (Å²) in [5.74, 6) is 1.98. The smallest absolute Gasteiger partial charge is 0.238 e. The highest BCUT2D eigenvalue weighted by Gasteiger charge is 2.13. The van der Waals surface area contributed by atoms with Gasteiger partial charge in [-0.25, -0.2) is 0 Å². The highest BCUT2D eigenvalue weighted by atomic mass is 35.5. The van der Waals surface area contributed by atoms with Gasteiger partial charge in [0.15, 0.2) is 11.5 Å². The van der Waals surface area contributed by atoms with Crippen molar-refractivity contribution in [1.82, 2.24) is 4.90 Å². The largest absolute Gasteiger partial charge is 0.492 e. The molecule has 2 aromatic carbocycles. The molecule has 0 bridgehead atoms. The van der Waals surface area contributed by atoms with Gasteiger partial charge in [0.1, 0.15) is 12.4 Å². The summed E-state index contributed by atoms with van der Waals surface area (Å²) in [5.41, 5.74) is 0.688. The lowest BCUT2D eigenvalue weighted by atomic mass is 10.2. The number of benzene rings is 2. The molecule has 0 spiro atoms. The quantitative estimate of drug-likeness (QED) is 0.784. The van der Waals surface area contributed by atoms with Crippen LogP contribution in [-0.4, -0.2) is 50.8 Å². The number of halogens is 1. The van der Waals surface area contributed by atoms with Crippen LogP contribution in [0.25, 0.3) is 0 Å². The Balaban J connectivity index is 1.44. The molecule has 0 saturated heterocycles. The van der Waals surface area contributed by atoms with Crippen molar-refractivity contribution in [1.29, 1.82) is 0 Å². The summed E-state index contributed by atoms with van der Waals surface area (Å²) in [5, 5.41) is 3.52. The fraction of sp³-hybridized carbons (Fsp3) is 0.350. The van der Waals surface area contributed by atoms with Crippen LogP contribution in [0.1, 0.15) is 6.42 Å². The number of hydrogen-bond acceptors (Lipinski definition) is 5. The number of rotatable bonds is 7. The fourth-order valence-corrected chi connectivity index (χ4v) is 2.82. The van der Waals surface area contributed by atoms with Gasteiger partial charge in [-0.1, -0.05) is 17.7 Å². The summed E-state index contributed by atoms with van der Waals surface area (Å²) < 4.78 is 16.9. The molecule has 0 aromatic heterocycles. The summed E-state index contributed by atoms with van der Waals surface area (Å²) in [7, 11) is 1.87. The highest BCUT2D eigenvalue weighted by molar-refractivity contribution is 6.30. The van der Waals surface area contributed by atoms with Gasteiger partial charge in [-0.3, -0.25) is 9.69 Å². The molecule has 0 fully saturated rings. The van der Waals surface area contributed by atoms with Crippen LogP contribution in [-0.2, 0) is 4.79 Å². The molecule has 0 aliphatic carbocycles. The van der Waals surface area contributed by atoms with E-state index in [0.717, 1.165) is 6.42 Å². The molecule has 3 rings (SSSR count). The maximum Gasteiger partial charge on any atom is 0.238 e. The van der Waals surface area contributed by atoms with Crippen molar-refractivity contribution in [2.75, 3.05) is 45.3 Å². The second kappa shape index (κ2) is 9.48. The molecule has 1 aliphatic heterocycles. The zero-order valence-electron chi connectivity index (χ0n) is 15.2. The van der Waals surface area contributed by atoms with E-state index in [2.05, 4.69) is 5.32 Å². The Morgan fingerprint density at radius 2 is 2.00 bits per heavy atom. The average Bonchev–Trinajstić information content (AvgIpc) is 2.86. The van der Waals surface area contributed by atoms with Crippen LogP contribution in [0, 0.1) is 0 Å². The van der Waals surface area contributed by atoms with Gasteiger partial charge >= 0.3 is 0 Å². The summed E-state index contributed by atoms with van der Waals surface area (Å²) in [6.45, 7) is 2.59. The molecule has 27 heavy (non-hydrogen) atoms. The molecule has 1 aliphatic rings. The van der Waals surface area contributed by atoms with Gasteiger partial charge in [-0.15, -0.1) is 0 Å². The van der Waals surface area contributed by atoms with Crippen LogP contribution in [0.5, 0.6) is 17.2 Å². The summed E-state index contributed by atoms with van der Waals surface area (Å²) >= 11 is 5.93. The van der Waals surface area contributed by atoms with Gasteiger partial charge in [0.25, 0.3) is 0 Å². The number of nitrogens with zero attached hydrogens (tertiary/aromatic N) is 1. The van der Waals surface area contributed by atoms with Crippen molar-refractivity contribution in [2.45, 2.75) is 6.42 Å². The third-order valence-electron chi connectivity index (χ3n) is 3.98. The molecular formula is C20H23ClN2O4. The Labute approximate surface area is 164 Å². The van der Waals surface area contributed by atoms with Crippen LogP contribution in [0.2, 0.25) is 5.02 Å². The summed E-state index contributed by atoms with van der Waals surface area (Å²) in [6.07, 6.45) is 0.846. The van der Waals surface area contributed by atoms with E-state index in [9.17, 15) is 4.79 Å². The summed E-state index contributed by atoms with van der Waals surface area (Å²) in [6, 6.07) is 12.7. The van der Waals surface area contributed by atoms with E-state index in [1.165, 1.54) is 0 Å². The minimum atomic E-state index is -0.102. The lowest BCUT2D eigenvalue weighted by molar-refractivity contribution is -0.117. The molecule has 2 aromatic rings. The predicted molar refractivity (Wildman–Crippen MR) is 105 cm³/mol. The molecule has 0 radical (unpaired) electrons. The van der Waals surface area contributed by atoms with Crippen molar-refractivity contribution in [3.8, 4) is 17.2 Å². The molecule has 7 heteroatoms. The first-order chi connectivity index (χ1) is 13.1. The van der Waals surface area contributed by atoms with Gasteiger partial charge < -0.3 is 19.5 Å². The standard InChI is InChI=1S/C20H23ClN2O4/c1-23(8-11-25-17-5-2-4-15(21)12-17)14-20(24)22-16-6-7-18-19(13-16)27-10-3-9-26-18/h2,4-7,12-13H,3,8-11,14H2,1H3,(H,22,24). The minimum absolute atomic E-state index is 0.102. The molecule has 0 unspecified atom stereocenters. The zero-order chi connectivity index (χ0) is 19.1. The Morgan fingerprint density at radius 3 is 2.81 bits per heavy atom. The van der Waals surface area contributed by atoms with Gasteiger partial charge in [0, 0.05) is 29.7 Å². The second-order valence-electron chi connectivity index (χ2n) is 6.30. The average molecular weight is 391 g/mol.